The average molecular weight is 475 g/mol. The number of urea groups is 1. The minimum Gasteiger partial charge on any atom is -0.476 e. The topological polar surface area (TPSA) is 76.1 Å². The molecule has 0 aliphatic heterocycles. The molecule has 0 saturated carbocycles. The van der Waals surface area contributed by atoms with Gasteiger partial charge in [0.1, 0.15) is 0 Å². The minimum absolute atomic E-state index is 0.0814. The lowest BCUT2D eigenvalue weighted by Gasteiger charge is -2.18. The van der Waals surface area contributed by atoms with Crippen molar-refractivity contribution in [2.75, 3.05) is 13.2 Å². The molecule has 6 nitrogen and oxygen atoms in total. The quantitative estimate of drug-likeness (QED) is 0.448. The van der Waals surface area contributed by atoms with Crippen LogP contribution in [0.1, 0.15) is 44.7 Å². The Morgan fingerprint density at radius 3 is 2.75 bits per heavy atom. The van der Waals surface area contributed by atoms with Crippen LogP contribution in [0.3, 0.4) is 0 Å². The maximum Gasteiger partial charge on any atom is 0.314 e. The lowest BCUT2D eigenvalue weighted by molar-refractivity contribution is 0.235. The molecule has 0 fully saturated rings. The van der Waals surface area contributed by atoms with Gasteiger partial charge in [-0.1, -0.05) is 54.4 Å². The zero-order chi connectivity index (χ0) is 22.9. The van der Waals surface area contributed by atoms with Gasteiger partial charge in [0.15, 0.2) is 0 Å². The van der Waals surface area contributed by atoms with Crippen LogP contribution in [0.4, 0.5) is 4.79 Å². The van der Waals surface area contributed by atoms with E-state index >= 15 is 0 Å². The molecule has 0 spiro atoms. The number of carbonyl (C=O) groups excluding carboxylic acids is 1. The fourth-order valence-corrected chi connectivity index (χ4v) is 3.46. The van der Waals surface area contributed by atoms with Crippen molar-refractivity contribution in [2.45, 2.75) is 45.1 Å². The van der Waals surface area contributed by atoms with Gasteiger partial charge in [0.05, 0.1) is 24.2 Å². The van der Waals surface area contributed by atoms with Crippen molar-refractivity contribution in [1.29, 1.82) is 0 Å². The number of hydrogen-bond donors (Lipinski definition) is 2. The second kappa shape index (κ2) is 11.9. The van der Waals surface area contributed by atoms with Crippen molar-refractivity contribution in [1.82, 2.24) is 20.6 Å². The van der Waals surface area contributed by atoms with Crippen LogP contribution in [-0.2, 0) is 0 Å². The monoisotopic (exact) mass is 474 g/mol. The Hall–Kier alpha value is -2.57. The number of aromatic nitrogens is 2. The van der Waals surface area contributed by atoms with Crippen molar-refractivity contribution >= 4 is 29.2 Å². The molecule has 1 aliphatic rings. The Morgan fingerprint density at radius 1 is 1.28 bits per heavy atom. The summed E-state index contributed by atoms with van der Waals surface area (Å²) in [5.41, 5.74) is 2.53. The van der Waals surface area contributed by atoms with Crippen LogP contribution in [0.15, 0.2) is 53.7 Å². The number of allylic oxidation sites excluding steroid dienone is 4. The first-order valence-corrected chi connectivity index (χ1v) is 11.6. The molecule has 0 saturated heterocycles. The largest absolute Gasteiger partial charge is 0.476 e. The van der Waals surface area contributed by atoms with Crippen LogP contribution >= 0.6 is 23.2 Å². The van der Waals surface area contributed by atoms with Gasteiger partial charge in [-0.15, -0.1) is 0 Å². The van der Waals surface area contributed by atoms with E-state index in [9.17, 15) is 4.79 Å². The predicted octanol–water partition coefficient (Wildman–Crippen LogP) is 5.83. The van der Waals surface area contributed by atoms with E-state index in [1.54, 1.807) is 6.20 Å². The van der Waals surface area contributed by atoms with E-state index in [0.29, 0.717) is 30.5 Å². The highest BCUT2D eigenvalue weighted by atomic mass is 35.5. The predicted molar refractivity (Wildman–Crippen MR) is 129 cm³/mol. The smallest absolute Gasteiger partial charge is 0.314 e. The molecule has 2 unspecified atom stereocenters. The second-order valence-corrected chi connectivity index (χ2v) is 8.52. The summed E-state index contributed by atoms with van der Waals surface area (Å²) in [6.45, 7) is 4.92. The molecule has 1 aromatic carbocycles. The Bertz CT molecular complexity index is 976. The molecule has 1 aliphatic carbocycles. The van der Waals surface area contributed by atoms with E-state index in [1.165, 1.54) is 0 Å². The van der Waals surface area contributed by atoms with Gasteiger partial charge >= 0.3 is 6.03 Å². The molecule has 1 heterocycles. The van der Waals surface area contributed by atoms with Gasteiger partial charge < -0.3 is 15.4 Å². The summed E-state index contributed by atoms with van der Waals surface area (Å²) in [5.74, 6) is 0.522. The molecule has 1 aromatic heterocycles. The van der Waals surface area contributed by atoms with Gasteiger partial charge in [-0.3, -0.25) is 4.98 Å². The second-order valence-electron chi connectivity index (χ2n) is 7.65. The summed E-state index contributed by atoms with van der Waals surface area (Å²) >= 11 is 12.1. The van der Waals surface area contributed by atoms with Gasteiger partial charge in [0.2, 0.25) is 5.88 Å². The third kappa shape index (κ3) is 6.97. The highest BCUT2D eigenvalue weighted by molar-refractivity contribution is 6.31. The number of rotatable bonds is 9. The number of nitrogens with one attached hydrogen (secondary N) is 2. The van der Waals surface area contributed by atoms with Crippen molar-refractivity contribution in [3.8, 4) is 17.1 Å². The van der Waals surface area contributed by atoms with Gasteiger partial charge in [0.25, 0.3) is 0 Å². The highest BCUT2D eigenvalue weighted by Crippen LogP contribution is 2.34. The number of halogens is 2. The summed E-state index contributed by atoms with van der Waals surface area (Å²) in [6.07, 6.45) is 9.86. The van der Waals surface area contributed by atoms with E-state index in [2.05, 4.69) is 15.6 Å². The number of hydrogen-bond acceptors (Lipinski definition) is 4. The Balaban J connectivity index is 1.65. The Morgan fingerprint density at radius 2 is 2.06 bits per heavy atom. The minimum atomic E-state index is -0.164. The number of carbonyl (C=O) groups is 1. The first-order chi connectivity index (χ1) is 15.5. The van der Waals surface area contributed by atoms with Crippen LogP contribution in [0.25, 0.3) is 11.3 Å². The van der Waals surface area contributed by atoms with Gasteiger partial charge in [0, 0.05) is 34.1 Å². The Kier molecular flexibility index (Phi) is 8.94. The highest BCUT2D eigenvalue weighted by Gasteiger charge is 2.19. The average Bonchev–Trinajstić information content (AvgIpc) is 2.80. The number of amides is 2. The zero-order valence-corrected chi connectivity index (χ0v) is 19.8. The van der Waals surface area contributed by atoms with E-state index in [-0.39, 0.29) is 18.0 Å². The molecule has 32 heavy (non-hydrogen) atoms. The molecule has 2 aromatic rings. The fourth-order valence-electron chi connectivity index (χ4n) is 3.17. The molecule has 0 radical (unpaired) electrons. The molecule has 3 rings (SSSR count). The van der Waals surface area contributed by atoms with Crippen molar-refractivity contribution in [3.63, 3.8) is 0 Å². The van der Waals surface area contributed by atoms with Crippen LogP contribution in [0.5, 0.6) is 5.88 Å². The molecule has 2 amide bonds. The molecule has 2 N–H and O–H groups in total. The maximum absolute atomic E-state index is 11.8. The summed E-state index contributed by atoms with van der Waals surface area (Å²) in [4.78, 5) is 21.2. The SMILES string of the molecule is CCC(C)NC(=O)NCCCOc1cnc(C2C=CC(Cl)=CC2)c(-c2ccc(Cl)cc2)n1. The normalized spacial score (nSPS) is 16.2. The fraction of sp³-hybridized carbons (Fsp3) is 0.375. The van der Waals surface area contributed by atoms with Crippen LogP contribution in [-0.4, -0.2) is 35.2 Å². The number of benzene rings is 1. The third-order valence-corrected chi connectivity index (χ3v) is 5.68. The first kappa shape index (κ1) is 24.1. The van der Waals surface area contributed by atoms with E-state index in [0.717, 1.165) is 34.8 Å². The maximum atomic E-state index is 11.8. The van der Waals surface area contributed by atoms with E-state index in [4.69, 9.17) is 32.9 Å². The third-order valence-electron chi connectivity index (χ3n) is 5.15. The van der Waals surface area contributed by atoms with E-state index < -0.39 is 0 Å². The van der Waals surface area contributed by atoms with Gasteiger partial charge in [-0.25, -0.2) is 9.78 Å². The molecular formula is C24H28Cl2N4O2. The Labute approximate surface area is 199 Å². The molecule has 2 atom stereocenters. The molecule has 8 heteroatoms. The summed E-state index contributed by atoms with van der Waals surface area (Å²) in [5, 5.41) is 7.09. The molecular weight excluding hydrogens is 447 g/mol. The van der Waals surface area contributed by atoms with Gasteiger partial charge in [-0.2, -0.15) is 0 Å². The lowest BCUT2D eigenvalue weighted by Crippen LogP contribution is -2.41. The molecule has 0 bridgehead atoms. The number of nitrogens with zero attached hydrogens (tertiary/aromatic N) is 2. The number of ether oxygens (including phenoxy) is 1. The summed E-state index contributed by atoms with van der Waals surface area (Å²) in [7, 11) is 0. The van der Waals surface area contributed by atoms with Crippen LogP contribution in [0, 0.1) is 0 Å². The van der Waals surface area contributed by atoms with Crippen molar-refractivity contribution in [2.24, 2.45) is 0 Å². The lowest BCUT2D eigenvalue weighted by atomic mass is 9.93. The van der Waals surface area contributed by atoms with E-state index in [1.807, 2.05) is 56.3 Å². The van der Waals surface area contributed by atoms with Crippen molar-refractivity contribution < 1.29 is 9.53 Å². The zero-order valence-electron chi connectivity index (χ0n) is 18.3. The summed E-state index contributed by atoms with van der Waals surface area (Å²) in [6, 6.07) is 7.50. The van der Waals surface area contributed by atoms with Crippen LogP contribution < -0.4 is 15.4 Å². The first-order valence-electron chi connectivity index (χ1n) is 10.8. The summed E-state index contributed by atoms with van der Waals surface area (Å²) < 4.78 is 5.81. The van der Waals surface area contributed by atoms with Crippen molar-refractivity contribution in [3.05, 3.63) is 64.4 Å². The van der Waals surface area contributed by atoms with Crippen LogP contribution in [0.2, 0.25) is 5.02 Å². The standard InChI is InChI=1S/C24H28Cl2N4O2/c1-3-16(2)29-24(31)27-13-4-14-32-21-15-28-22(17-5-9-19(25)10-6-17)23(30-21)18-7-11-20(26)12-8-18/h5,7-12,15-17H,3-4,6,13-14H2,1-2H3,(H2,27,29,31). The van der Waals surface area contributed by atoms with Gasteiger partial charge in [-0.05, 0) is 44.4 Å². The molecule has 170 valence electrons.